The van der Waals surface area contributed by atoms with E-state index in [0.717, 1.165) is 5.56 Å². The zero-order valence-electron chi connectivity index (χ0n) is 15.9. The summed E-state index contributed by atoms with van der Waals surface area (Å²) in [5.74, 6) is -1.74. The number of nitrogens with one attached hydrogen (secondary N) is 1. The van der Waals surface area contributed by atoms with E-state index in [0.29, 0.717) is 10.9 Å². The normalized spacial score (nSPS) is 14.2. The van der Waals surface area contributed by atoms with Crippen molar-refractivity contribution >= 4 is 16.0 Å². The Morgan fingerprint density at radius 3 is 2.17 bits per heavy atom. The van der Waals surface area contributed by atoms with Crippen LogP contribution >= 0.6 is 0 Å². The molecule has 0 bridgehead atoms. The Morgan fingerprint density at radius 2 is 1.66 bits per heavy atom. The van der Waals surface area contributed by atoms with Crippen molar-refractivity contribution in [3.8, 4) is 0 Å². The Hall–Kier alpha value is -2.43. The molecule has 158 valence electrons. The molecule has 0 aliphatic rings. The molecule has 0 saturated heterocycles. The number of quaternary nitrogens is 1. The molecule has 2 aromatic rings. The van der Waals surface area contributed by atoms with Gasteiger partial charge in [0.1, 0.15) is 6.54 Å². The highest BCUT2D eigenvalue weighted by Crippen LogP contribution is 2.29. The molecular weight excluding hydrogens is 409 g/mol. The Bertz CT molecular complexity index is 932. The van der Waals surface area contributed by atoms with Crippen LogP contribution in [0, 0.1) is 6.92 Å². The van der Waals surface area contributed by atoms with Crippen LogP contribution in [-0.4, -0.2) is 32.8 Å². The van der Waals surface area contributed by atoms with E-state index >= 15 is 0 Å². The first kappa shape index (κ1) is 22.9. The fraction of sp³-hybridized carbons (Fsp3) is 0.316. The third-order valence-electron chi connectivity index (χ3n) is 4.16. The second kappa shape index (κ2) is 8.93. The quantitative estimate of drug-likeness (QED) is 0.493. The summed E-state index contributed by atoms with van der Waals surface area (Å²) in [7, 11) is -4.69. The second-order valence-electron chi connectivity index (χ2n) is 6.34. The summed E-state index contributed by atoms with van der Waals surface area (Å²) in [5, 5.41) is 0.589. The lowest BCUT2D eigenvalue weighted by molar-refractivity contribution is -0.756. The highest BCUT2D eigenvalue weighted by Gasteiger charge is 2.68. The molecule has 29 heavy (non-hydrogen) atoms. The number of halogens is 3. The van der Waals surface area contributed by atoms with Gasteiger partial charge >= 0.3 is 17.8 Å². The van der Waals surface area contributed by atoms with E-state index in [1.807, 2.05) is 0 Å². The first-order chi connectivity index (χ1) is 13.5. The van der Waals surface area contributed by atoms with Crippen molar-refractivity contribution in [1.29, 1.82) is 0 Å². The first-order valence-electron chi connectivity index (χ1n) is 8.75. The molecule has 0 aliphatic carbocycles. The van der Waals surface area contributed by atoms with Crippen LogP contribution in [0.1, 0.15) is 18.1 Å². The van der Waals surface area contributed by atoms with Crippen LogP contribution in [0.5, 0.6) is 0 Å². The Labute approximate surface area is 167 Å². The van der Waals surface area contributed by atoms with Crippen LogP contribution in [0.2, 0.25) is 0 Å². The number of aryl methyl sites for hydroxylation is 1. The summed E-state index contributed by atoms with van der Waals surface area (Å²) >= 11 is 0. The highest BCUT2D eigenvalue weighted by atomic mass is 32.2. The van der Waals surface area contributed by atoms with Crippen molar-refractivity contribution in [1.82, 2.24) is 4.72 Å². The number of hydrogen-bond donors (Lipinski definition) is 2. The molecule has 0 aliphatic heterocycles. The number of sulfonamides is 1. The molecule has 10 heteroatoms. The lowest BCUT2D eigenvalue weighted by Crippen LogP contribution is -3.05. The average molecular weight is 431 g/mol. The summed E-state index contributed by atoms with van der Waals surface area (Å²) in [6.45, 7) is 2.39. The zero-order chi connectivity index (χ0) is 21.7. The van der Waals surface area contributed by atoms with Crippen LogP contribution in [0.3, 0.4) is 0 Å². The molecule has 0 aromatic heterocycles. The minimum atomic E-state index is -5.27. The predicted octanol–water partition coefficient (Wildman–Crippen LogP) is 1.86. The number of alkyl halides is 3. The smallest absolute Gasteiger partial charge is 0.460 e. The molecule has 6 nitrogen and oxygen atoms in total. The molecule has 0 heterocycles. The fourth-order valence-corrected chi connectivity index (χ4v) is 3.89. The van der Waals surface area contributed by atoms with Gasteiger partial charge in [-0.25, -0.2) is 13.2 Å². The molecule has 0 spiro atoms. The monoisotopic (exact) mass is 431 g/mol. The van der Waals surface area contributed by atoms with Gasteiger partial charge in [-0.3, -0.25) is 0 Å². The number of carbonyl (C=O) groups is 1. The van der Waals surface area contributed by atoms with Gasteiger partial charge in [-0.15, -0.1) is 4.72 Å². The van der Waals surface area contributed by atoms with Crippen molar-refractivity contribution in [2.45, 2.75) is 37.1 Å². The van der Waals surface area contributed by atoms with Gasteiger partial charge in [-0.1, -0.05) is 48.0 Å². The number of benzene rings is 2. The second-order valence-corrected chi connectivity index (χ2v) is 8.02. The Morgan fingerprint density at radius 1 is 1.07 bits per heavy atom. The van der Waals surface area contributed by atoms with Gasteiger partial charge in [0.15, 0.2) is 0 Å². The van der Waals surface area contributed by atoms with E-state index in [1.54, 1.807) is 42.0 Å². The number of hydrogen-bond acceptors (Lipinski definition) is 4. The van der Waals surface area contributed by atoms with Gasteiger partial charge < -0.3 is 10.1 Å². The summed E-state index contributed by atoms with van der Waals surface area (Å²) in [6.07, 6.45) is -5.27. The van der Waals surface area contributed by atoms with Gasteiger partial charge in [0.05, 0.1) is 11.5 Å². The van der Waals surface area contributed by atoms with Crippen LogP contribution in [-0.2, 0) is 26.1 Å². The largest absolute Gasteiger partial charge is 0.473 e. The number of esters is 1. The minimum absolute atomic E-state index is 0.310. The predicted molar refractivity (Wildman–Crippen MR) is 99.0 cm³/mol. The number of nitrogens with two attached hydrogens (primary N) is 1. The van der Waals surface area contributed by atoms with Crippen molar-refractivity contribution in [3.05, 3.63) is 65.7 Å². The molecular formula is C19H22F3N2O4S+. The Kier molecular flexibility index (Phi) is 7.04. The van der Waals surface area contributed by atoms with E-state index in [4.69, 9.17) is 0 Å². The summed E-state index contributed by atoms with van der Waals surface area (Å²) in [4.78, 5) is 12.0. The minimum Gasteiger partial charge on any atom is -0.460 e. The molecule has 3 N–H and O–H groups in total. The molecule has 2 rings (SSSR count). The first-order valence-corrected chi connectivity index (χ1v) is 10.2. The van der Waals surface area contributed by atoms with E-state index in [9.17, 15) is 26.4 Å². The van der Waals surface area contributed by atoms with E-state index in [-0.39, 0.29) is 13.2 Å². The molecule has 0 unspecified atom stereocenters. The highest BCUT2D eigenvalue weighted by molar-refractivity contribution is 7.89. The maximum Gasteiger partial charge on any atom is 0.473 e. The van der Waals surface area contributed by atoms with Crippen molar-refractivity contribution in [3.63, 3.8) is 0 Å². The summed E-state index contributed by atoms with van der Waals surface area (Å²) < 4.78 is 73.8. The summed E-state index contributed by atoms with van der Waals surface area (Å²) in [6, 6.07) is 13.3. The van der Waals surface area contributed by atoms with E-state index < -0.39 is 32.7 Å². The van der Waals surface area contributed by atoms with Gasteiger partial charge in [0.2, 0.25) is 10.0 Å². The average Bonchev–Trinajstić information content (AvgIpc) is 2.65. The molecule has 1 atom stereocenters. The SMILES string of the molecule is CCOC(=O)[C@@](NS(=O)(=O)c1ccc(C)cc1)([NH2+]Cc1ccccc1)C(F)(F)F. The molecule has 2 aromatic carbocycles. The third kappa shape index (κ3) is 5.34. The van der Waals surface area contributed by atoms with Crippen LogP contribution in [0.15, 0.2) is 59.5 Å². The lowest BCUT2D eigenvalue weighted by Gasteiger charge is -2.31. The molecule has 0 saturated carbocycles. The fourth-order valence-electron chi connectivity index (χ4n) is 2.57. The topological polar surface area (TPSA) is 89.1 Å². The van der Waals surface area contributed by atoms with E-state index in [2.05, 4.69) is 4.74 Å². The number of rotatable bonds is 8. The standard InChI is InChI=1S/C19H21F3N2O4S/c1-3-28-17(25)18(19(20,21)22,23-13-15-7-5-4-6-8-15)24-29(26,27)16-11-9-14(2)10-12-16/h4-12,23-24H,3,13H2,1-2H3/p+1/t18-/m0/s1. The van der Waals surface area contributed by atoms with Crippen molar-refractivity contribution in [2.75, 3.05) is 6.61 Å². The number of carbonyl (C=O) groups excluding carboxylic acids is 1. The van der Waals surface area contributed by atoms with Crippen LogP contribution in [0.4, 0.5) is 13.2 Å². The van der Waals surface area contributed by atoms with E-state index in [1.165, 1.54) is 31.2 Å². The maximum absolute atomic E-state index is 14.1. The van der Waals surface area contributed by atoms with Gasteiger partial charge in [-0.05, 0) is 26.0 Å². The van der Waals surface area contributed by atoms with Gasteiger partial charge in [0.25, 0.3) is 0 Å². The molecule has 0 radical (unpaired) electrons. The van der Waals surface area contributed by atoms with Crippen molar-refractivity contribution < 1.29 is 36.4 Å². The molecule has 0 amide bonds. The molecule has 0 fully saturated rings. The summed E-state index contributed by atoms with van der Waals surface area (Å²) in [5.41, 5.74) is -2.34. The third-order valence-corrected chi connectivity index (χ3v) is 5.64. The van der Waals surface area contributed by atoms with Crippen molar-refractivity contribution in [2.24, 2.45) is 0 Å². The zero-order valence-corrected chi connectivity index (χ0v) is 16.7. The van der Waals surface area contributed by atoms with Crippen LogP contribution in [0.25, 0.3) is 0 Å². The van der Waals surface area contributed by atoms with Gasteiger partial charge in [-0.2, -0.15) is 13.2 Å². The Balaban J connectivity index is 2.48. The number of ether oxygens (including phenoxy) is 1. The maximum atomic E-state index is 14.1. The van der Waals surface area contributed by atoms with Crippen LogP contribution < -0.4 is 10.0 Å². The lowest BCUT2D eigenvalue weighted by atomic mass is 10.1. The van der Waals surface area contributed by atoms with Gasteiger partial charge in [0, 0.05) is 5.56 Å².